The number of benzene rings is 1. The molecule has 0 unspecified atom stereocenters. The second-order valence-corrected chi connectivity index (χ2v) is 3.61. The molecule has 7 heteroatoms. The molecule has 0 radical (unpaired) electrons. The molecule has 0 atom stereocenters. The zero-order valence-corrected chi connectivity index (χ0v) is 9.06. The number of rotatable bonds is 1. The van der Waals surface area contributed by atoms with Gasteiger partial charge in [0.05, 0.1) is 16.7 Å². The quantitative estimate of drug-likeness (QED) is 0.866. The van der Waals surface area contributed by atoms with Gasteiger partial charge in [0.15, 0.2) is 0 Å². The van der Waals surface area contributed by atoms with Gasteiger partial charge in [-0.3, -0.25) is 0 Å². The lowest BCUT2D eigenvalue weighted by molar-refractivity contribution is -0.138. The molecule has 0 aromatic heterocycles. The average molecular weight is 294 g/mol. The Kier molecular flexibility index (Phi) is 3.24. The fourth-order valence-corrected chi connectivity index (χ4v) is 1.58. The molecular formula is C9H3BrF3NO2. The Morgan fingerprint density at radius 1 is 1.44 bits per heavy atom. The van der Waals surface area contributed by atoms with Gasteiger partial charge in [-0.15, -0.1) is 0 Å². The first-order valence-electron chi connectivity index (χ1n) is 3.82. The second kappa shape index (κ2) is 4.14. The number of nitrogens with zero attached hydrogens (tertiary/aromatic N) is 1. The summed E-state index contributed by atoms with van der Waals surface area (Å²) in [6, 6.07) is 3.23. The Hall–Kier alpha value is -1.55. The molecule has 0 heterocycles. The molecule has 0 saturated heterocycles. The first-order chi connectivity index (χ1) is 7.29. The molecule has 0 bridgehead atoms. The van der Waals surface area contributed by atoms with Crippen molar-refractivity contribution in [2.45, 2.75) is 6.18 Å². The standard InChI is InChI=1S/C9H3BrF3NO2/c10-6-2-1-4(8(15)16)7(5(6)3-14)9(11,12)13/h1-2H,(H,15,16). The van der Waals surface area contributed by atoms with Gasteiger partial charge >= 0.3 is 12.1 Å². The van der Waals surface area contributed by atoms with Crippen LogP contribution in [0, 0.1) is 11.3 Å². The lowest BCUT2D eigenvalue weighted by Gasteiger charge is -2.12. The summed E-state index contributed by atoms with van der Waals surface area (Å²) in [5.74, 6) is -1.73. The molecule has 84 valence electrons. The number of carboxylic acids is 1. The van der Waals surface area contributed by atoms with Crippen molar-refractivity contribution in [3.8, 4) is 6.07 Å². The molecule has 16 heavy (non-hydrogen) atoms. The van der Waals surface area contributed by atoms with Crippen LogP contribution >= 0.6 is 15.9 Å². The third-order valence-corrected chi connectivity index (χ3v) is 2.44. The van der Waals surface area contributed by atoms with Gasteiger partial charge in [-0.1, -0.05) is 0 Å². The number of alkyl halides is 3. The van der Waals surface area contributed by atoms with Crippen LogP contribution in [0.1, 0.15) is 21.5 Å². The summed E-state index contributed by atoms with van der Waals surface area (Å²) in [5, 5.41) is 17.2. The smallest absolute Gasteiger partial charge is 0.418 e. The van der Waals surface area contributed by atoms with Crippen LogP contribution in [-0.2, 0) is 6.18 Å². The van der Waals surface area contributed by atoms with Gasteiger partial charge in [0.25, 0.3) is 0 Å². The maximum absolute atomic E-state index is 12.6. The highest BCUT2D eigenvalue weighted by Crippen LogP contribution is 2.37. The van der Waals surface area contributed by atoms with Gasteiger partial charge < -0.3 is 5.11 Å². The average Bonchev–Trinajstić information content (AvgIpc) is 2.15. The van der Waals surface area contributed by atoms with Crippen LogP contribution in [0.15, 0.2) is 16.6 Å². The van der Waals surface area contributed by atoms with Gasteiger partial charge in [-0.05, 0) is 28.1 Å². The van der Waals surface area contributed by atoms with Crippen molar-refractivity contribution in [2.75, 3.05) is 0 Å². The summed E-state index contributed by atoms with van der Waals surface area (Å²) in [5.41, 5.74) is -3.10. The Morgan fingerprint density at radius 2 is 2.00 bits per heavy atom. The van der Waals surface area contributed by atoms with Crippen molar-refractivity contribution in [1.29, 1.82) is 5.26 Å². The Bertz CT molecular complexity index is 491. The van der Waals surface area contributed by atoms with E-state index < -0.39 is 28.8 Å². The molecule has 1 rings (SSSR count). The predicted octanol–water partition coefficient (Wildman–Crippen LogP) is 3.04. The van der Waals surface area contributed by atoms with E-state index in [0.29, 0.717) is 0 Å². The summed E-state index contributed by atoms with van der Waals surface area (Å²) < 4.78 is 37.7. The van der Waals surface area contributed by atoms with E-state index in [-0.39, 0.29) is 4.47 Å². The van der Waals surface area contributed by atoms with Gasteiger partial charge in [0.1, 0.15) is 6.07 Å². The van der Waals surface area contributed by atoms with E-state index in [1.807, 2.05) is 0 Å². The second-order valence-electron chi connectivity index (χ2n) is 2.76. The lowest BCUT2D eigenvalue weighted by Crippen LogP contribution is -2.15. The number of carboxylic acid groups (broad SMARTS) is 1. The minimum Gasteiger partial charge on any atom is -0.478 e. The number of nitriles is 1. The SMILES string of the molecule is N#Cc1c(Br)ccc(C(=O)O)c1C(F)(F)F. The summed E-state index contributed by atoms with van der Waals surface area (Å²) in [7, 11) is 0. The third kappa shape index (κ3) is 2.17. The molecule has 1 aromatic rings. The molecule has 1 N–H and O–H groups in total. The van der Waals surface area contributed by atoms with E-state index >= 15 is 0 Å². The normalized spacial score (nSPS) is 10.9. The van der Waals surface area contributed by atoms with Crippen molar-refractivity contribution in [3.63, 3.8) is 0 Å². The third-order valence-electron chi connectivity index (χ3n) is 1.78. The molecule has 3 nitrogen and oxygen atoms in total. The van der Waals surface area contributed by atoms with Crippen molar-refractivity contribution >= 4 is 21.9 Å². The molecule has 0 amide bonds. The van der Waals surface area contributed by atoms with Gasteiger partial charge in [-0.2, -0.15) is 18.4 Å². The zero-order valence-electron chi connectivity index (χ0n) is 7.47. The number of aromatic carboxylic acids is 1. The predicted molar refractivity (Wildman–Crippen MR) is 50.8 cm³/mol. The van der Waals surface area contributed by atoms with Crippen LogP contribution in [-0.4, -0.2) is 11.1 Å². The molecule has 0 spiro atoms. The largest absolute Gasteiger partial charge is 0.478 e. The van der Waals surface area contributed by atoms with Crippen molar-refractivity contribution in [1.82, 2.24) is 0 Å². The maximum Gasteiger partial charge on any atom is 0.418 e. The van der Waals surface area contributed by atoms with Crippen LogP contribution in [0.2, 0.25) is 0 Å². The highest BCUT2D eigenvalue weighted by atomic mass is 79.9. The topological polar surface area (TPSA) is 61.1 Å². The fraction of sp³-hybridized carbons (Fsp3) is 0.111. The van der Waals surface area contributed by atoms with Gasteiger partial charge in [0, 0.05) is 4.47 Å². The van der Waals surface area contributed by atoms with Crippen LogP contribution in [0.3, 0.4) is 0 Å². The first-order valence-corrected chi connectivity index (χ1v) is 4.61. The fourth-order valence-electron chi connectivity index (χ4n) is 1.16. The lowest BCUT2D eigenvalue weighted by atomic mass is 10.0. The van der Waals surface area contributed by atoms with Crippen LogP contribution < -0.4 is 0 Å². The minimum absolute atomic E-state index is 0.0904. The van der Waals surface area contributed by atoms with E-state index in [9.17, 15) is 18.0 Å². The summed E-state index contributed by atoms with van der Waals surface area (Å²) in [6.07, 6.45) is -4.89. The van der Waals surface area contributed by atoms with E-state index in [1.54, 1.807) is 0 Å². The zero-order chi connectivity index (χ0) is 12.5. The van der Waals surface area contributed by atoms with Gasteiger partial charge in [0.2, 0.25) is 0 Å². The number of hydrogen-bond acceptors (Lipinski definition) is 2. The molecule has 0 saturated carbocycles. The minimum atomic E-state index is -4.89. The molecular weight excluding hydrogens is 291 g/mol. The molecule has 1 aromatic carbocycles. The molecule has 0 aliphatic rings. The van der Waals surface area contributed by atoms with Crippen molar-refractivity contribution in [2.24, 2.45) is 0 Å². The van der Waals surface area contributed by atoms with Gasteiger partial charge in [-0.25, -0.2) is 4.79 Å². The summed E-state index contributed by atoms with van der Waals surface area (Å²) >= 11 is 2.77. The van der Waals surface area contributed by atoms with E-state index in [1.165, 1.54) is 6.07 Å². The van der Waals surface area contributed by atoms with E-state index in [2.05, 4.69) is 15.9 Å². The first kappa shape index (κ1) is 12.5. The van der Waals surface area contributed by atoms with Crippen molar-refractivity contribution in [3.05, 3.63) is 33.3 Å². The highest BCUT2D eigenvalue weighted by Gasteiger charge is 2.39. The summed E-state index contributed by atoms with van der Waals surface area (Å²) in [4.78, 5) is 10.6. The van der Waals surface area contributed by atoms with E-state index in [4.69, 9.17) is 10.4 Å². The molecule has 0 fully saturated rings. The number of carbonyl (C=O) groups is 1. The molecule has 0 aliphatic heterocycles. The Morgan fingerprint density at radius 3 is 2.38 bits per heavy atom. The van der Waals surface area contributed by atoms with Crippen LogP contribution in [0.4, 0.5) is 13.2 Å². The summed E-state index contributed by atoms with van der Waals surface area (Å²) in [6.45, 7) is 0. The molecule has 0 aliphatic carbocycles. The van der Waals surface area contributed by atoms with Crippen LogP contribution in [0.25, 0.3) is 0 Å². The van der Waals surface area contributed by atoms with Crippen molar-refractivity contribution < 1.29 is 23.1 Å². The van der Waals surface area contributed by atoms with E-state index in [0.717, 1.165) is 12.1 Å². The Labute approximate surface area is 96.2 Å². The Balaban J connectivity index is 3.70. The monoisotopic (exact) mass is 293 g/mol. The van der Waals surface area contributed by atoms with Crippen LogP contribution in [0.5, 0.6) is 0 Å². The number of halogens is 4. The maximum atomic E-state index is 12.6. The number of hydrogen-bond donors (Lipinski definition) is 1. The highest BCUT2D eigenvalue weighted by molar-refractivity contribution is 9.10.